The Labute approximate surface area is 74.5 Å². The first kappa shape index (κ1) is 6.65. The Balaban J connectivity index is 2.24. The molecule has 2 heterocycles. The van der Waals surface area contributed by atoms with E-state index in [1.54, 1.807) is 10.7 Å². The summed E-state index contributed by atoms with van der Waals surface area (Å²) in [4.78, 5) is 4.18. The average Bonchev–Trinajstić information content (AvgIpc) is 2.65. The molecule has 4 heteroatoms. The van der Waals surface area contributed by atoms with Crippen molar-refractivity contribution in [1.29, 1.82) is 0 Å². The molecule has 1 aliphatic carbocycles. The van der Waals surface area contributed by atoms with Crippen molar-refractivity contribution in [1.82, 2.24) is 9.78 Å². The molecule has 1 aromatic rings. The van der Waals surface area contributed by atoms with Crippen LogP contribution in [0.15, 0.2) is 29.3 Å². The molecule has 1 atom stereocenters. The molecule has 1 aliphatic heterocycles. The summed E-state index contributed by atoms with van der Waals surface area (Å²) in [7, 11) is 0. The van der Waals surface area contributed by atoms with Crippen molar-refractivity contribution in [2.75, 3.05) is 0 Å². The molecule has 2 aliphatic rings. The fourth-order valence-electron chi connectivity index (χ4n) is 1.62. The van der Waals surface area contributed by atoms with E-state index in [4.69, 9.17) is 0 Å². The number of fused-ring (bicyclic) bond motifs is 3. The van der Waals surface area contributed by atoms with Gasteiger partial charge in [-0.05, 0) is 6.08 Å². The molecular formula is C9H7N3O. The lowest BCUT2D eigenvalue weighted by Crippen LogP contribution is -2.11. The van der Waals surface area contributed by atoms with E-state index >= 15 is 0 Å². The molecule has 0 saturated carbocycles. The highest BCUT2D eigenvalue weighted by Crippen LogP contribution is 2.33. The Hall–Kier alpha value is -1.84. The molecule has 3 rings (SSSR count). The van der Waals surface area contributed by atoms with Gasteiger partial charge in [-0.15, -0.1) is 5.10 Å². The van der Waals surface area contributed by atoms with E-state index in [-0.39, 0.29) is 11.8 Å². The second kappa shape index (κ2) is 2.10. The van der Waals surface area contributed by atoms with Crippen LogP contribution in [0.3, 0.4) is 0 Å². The minimum atomic E-state index is 0.0144. The zero-order valence-corrected chi connectivity index (χ0v) is 6.75. The maximum Gasteiger partial charge on any atom is 0.233 e. The Kier molecular flexibility index (Phi) is 1.07. The molecule has 1 N–H and O–H groups in total. The van der Waals surface area contributed by atoms with E-state index < -0.39 is 0 Å². The third-order valence-electron chi connectivity index (χ3n) is 2.22. The maximum atomic E-state index is 9.19. The van der Waals surface area contributed by atoms with Gasteiger partial charge in [-0.25, -0.2) is 9.67 Å². The number of hydrogen-bond donors (Lipinski definition) is 1. The van der Waals surface area contributed by atoms with Crippen LogP contribution in [-0.4, -0.2) is 21.1 Å². The van der Waals surface area contributed by atoms with Crippen molar-refractivity contribution in [3.05, 3.63) is 24.3 Å². The highest BCUT2D eigenvalue weighted by Gasteiger charge is 2.22. The predicted octanol–water partition coefficient (Wildman–Crippen LogP) is 1.33. The minimum absolute atomic E-state index is 0.0144. The first-order valence-electron chi connectivity index (χ1n) is 4.06. The van der Waals surface area contributed by atoms with Gasteiger partial charge in [0.25, 0.3) is 0 Å². The number of aromatic hydroxyl groups is 1. The SMILES string of the molecule is Oc1cc2n(n1)C1=CC=CC1C=N2. The standard InChI is InChI=1S/C9H7N3O/c13-9-4-8-10-5-6-2-1-3-7(6)12(8)11-9/h1-6H,(H,11,13). The number of aliphatic imine (C=N–C) groups is 1. The molecule has 4 nitrogen and oxygen atoms in total. The van der Waals surface area contributed by atoms with Crippen molar-refractivity contribution >= 4 is 17.7 Å². The smallest absolute Gasteiger partial charge is 0.233 e. The van der Waals surface area contributed by atoms with Crippen molar-refractivity contribution in [3.8, 4) is 5.88 Å². The van der Waals surface area contributed by atoms with Gasteiger partial charge in [-0.3, -0.25) is 0 Å². The van der Waals surface area contributed by atoms with Crippen molar-refractivity contribution in [3.63, 3.8) is 0 Å². The molecular weight excluding hydrogens is 166 g/mol. The number of rotatable bonds is 0. The van der Waals surface area contributed by atoms with Gasteiger partial charge in [0, 0.05) is 12.3 Å². The highest BCUT2D eigenvalue weighted by atomic mass is 16.3. The molecule has 0 fully saturated rings. The van der Waals surface area contributed by atoms with Crippen LogP contribution in [0.25, 0.3) is 5.70 Å². The van der Waals surface area contributed by atoms with Gasteiger partial charge in [-0.2, -0.15) is 0 Å². The molecule has 0 spiro atoms. The normalized spacial score (nSPS) is 22.8. The van der Waals surface area contributed by atoms with E-state index in [0.717, 1.165) is 5.70 Å². The minimum Gasteiger partial charge on any atom is -0.492 e. The molecule has 0 saturated heterocycles. The second-order valence-corrected chi connectivity index (χ2v) is 3.05. The van der Waals surface area contributed by atoms with Gasteiger partial charge in [0.1, 0.15) is 0 Å². The summed E-state index contributed by atoms with van der Waals surface area (Å²) in [6, 6.07) is 1.55. The number of hydrogen-bond acceptors (Lipinski definition) is 3. The topological polar surface area (TPSA) is 50.4 Å². The summed E-state index contributed by atoms with van der Waals surface area (Å²) >= 11 is 0. The van der Waals surface area contributed by atoms with Gasteiger partial charge < -0.3 is 5.11 Å². The van der Waals surface area contributed by atoms with Crippen LogP contribution in [0.4, 0.5) is 5.82 Å². The Morgan fingerprint density at radius 1 is 1.46 bits per heavy atom. The number of nitrogens with zero attached hydrogens (tertiary/aromatic N) is 3. The van der Waals surface area contributed by atoms with E-state index in [2.05, 4.69) is 10.1 Å². The highest BCUT2D eigenvalue weighted by molar-refractivity contribution is 5.86. The first-order chi connectivity index (χ1) is 6.34. The van der Waals surface area contributed by atoms with E-state index in [9.17, 15) is 5.11 Å². The molecule has 0 radical (unpaired) electrons. The van der Waals surface area contributed by atoms with Gasteiger partial charge in [0.05, 0.1) is 11.6 Å². The summed E-state index contributed by atoms with van der Waals surface area (Å²) in [6.45, 7) is 0. The average molecular weight is 173 g/mol. The van der Waals surface area contributed by atoms with Crippen molar-refractivity contribution in [2.24, 2.45) is 10.9 Å². The lowest BCUT2D eigenvalue weighted by Gasteiger charge is -2.14. The van der Waals surface area contributed by atoms with Crippen molar-refractivity contribution < 1.29 is 5.11 Å². The number of allylic oxidation sites excluding steroid dienone is 4. The third kappa shape index (κ3) is 0.796. The summed E-state index contributed by atoms with van der Waals surface area (Å²) in [5.41, 5.74) is 1.05. The van der Waals surface area contributed by atoms with Crippen LogP contribution >= 0.6 is 0 Å². The molecule has 64 valence electrons. The summed E-state index contributed by atoms with van der Waals surface area (Å²) < 4.78 is 1.67. The van der Waals surface area contributed by atoms with E-state index in [0.29, 0.717) is 5.82 Å². The molecule has 1 aromatic heterocycles. The van der Waals surface area contributed by atoms with Crippen LogP contribution in [0, 0.1) is 5.92 Å². The Morgan fingerprint density at radius 3 is 3.31 bits per heavy atom. The van der Waals surface area contributed by atoms with Gasteiger partial charge in [0.2, 0.25) is 5.88 Å². The van der Waals surface area contributed by atoms with Gasteiger partial charge >= 0.3 is 0 Å². The zero-order valence-electron chi connectivity index (χ0n) is 6.75. The lowest BCUT2D eigenvalue weighted by atomic mass is 10.1. The molecule has 0 amide bonds. The fourth-order valence-corrected chi connectivity index (χ4v) is 1.62. The van der Waals surface area contributed by atoms with Crippen LogP contribution in [0.5, 0.6) is 5.88 Å². The summed E-state index contributed by atoms with van der Waals surface area (Å²) in [5, 5.41) is 13.1. The van der Waals surface area contributed by atoms with E-state index in [1.165, 1.54) is 0 Å². The Bertz CT molecular complexity index is 453. The maximum absolute atomic E-state index is 9.19. The van der Waals surface area contributed by atoms with E-state index in [1.807, 2.05) is 24.4 Å². The summed E-state index contributed by atoms with van der Waals surface area (Å²) in [6.07, 6.45) is 7.85. The van der Waals surface area contributed by atoms with Crippen LogP contribution in [0.1, 0.15) is 0 Å². The fraction of sp³-hybridized carbons (Fsp3) is 0.111. The molecule has 0 bridgehead atoms. The molecule has 13 heavy (non-hydrogen) atoms. The van der Waals surface area contributed by atoms with Crippen molar-refractivity contribution in [2.45, 2.75) is 0 Å². The van der Waals surface area contributed by atoms with Gasteiger partial charge in [0.15, 0.2) is 5.82 Å². The summed E-state index contributed by atoms with van der Waals surface area (Å²) in [5.74, 6) is 0.913. The Morgan fingerprint density at radius 2 is 2.38 bits per heavy atom. The lowest BCUT2D eigenvalue weighted by molar-refractivity contribution is 0.448. The zero-order chi connectivity index (χ0) is 8.84. The quantitative estimate of drug-likeness (QED) is 0.643. The molecule has 1 unspecified atom stereocenters. The number of aromatic nitrogens is 2. The van der Waals surface area contributed by atoms with Gasteiger partial charge in [-0.1, -0.05) is 12.2 Å². The van der Waals surface area contributed by atoms with Crippen LogP contribution in [-0.2, 0) is 0 Å². The first-order valence-corrected chi connectivity index (χ1v) is 4.06. The van der Waals surface area contributed by atoms with Crippen LogP contribution in [0.2, 0.25) is 0 Å². The largest absolute Gasteiger partial charge is 0.492 e. The second-order valence-electron chi connectivity index (χ2n) is 3.05. The van der Waals surface area contributed by atoms with Crippen LogP contribution < -0.4 is 0 Å². The third-order valence-corrected chi connectivity index (χ3v) is 2.22. The molecule has 0 aromatic carbocycles. The monoisotopic (exact) mass is 173 g/mol. The predicted molar refractivity (Wildman–Crippen MR) is 48.9 cm³/mol.